The first-order valence-corrected chi connectivity index (χ1v) is 6.82. The average molecular weight is 274 g/mol. The molecular weight excluding hydrogens is 255 g/mol. The third kappa shape index (κ3) is 3.32. The zero-order valence-corrected chi connectivity index (χ0v) is 12.0. The zero-order chi connectivity index (χ0) is 14.7. The number of fused-ring (bicyclic) bond motifs is 1. The molecule has 0 aliphatic heterocycles. The minimum atomic E-state index is -0.362. The van der Waals surface area contributed by atoms with Crippen LogP contribution in [0.15, 0.2) is 24.3 Å². The van der Waals surface area contributed by atoms with Crippen molar-refractivity contribution in [2.75, 3.05) is 6.54 Å². The van der Waals surface area contributed by atoms with Crippen molar-refractivity contribution in [1.82, 2.24) is 10.3 Å². The quantitative estimate of drug-likeness (QED) is 0.927. The molecule has 0 bridgehead atoms. The Balaban J connectivity index is 2.32. The summed E-state index contributed by atoms with van der Waals surface area (Å²) in [6.07, 6.45) is 0.919. The van der Waals surface area contributed by atoms with Gasteiger partial charge in [0.25, 0.3) is 5.91 Å². The van der Waals surface area contributed by atoms with Crippen LogP contribution < -0.4 is 5.32 Å². The largest absolute Gasteiger partial charge is 0.352 e. The van der Waals surface area contributed by atoms with E-state index in [9.17, 15) is 9.18 Å². The van der Waals surface area contributed by atoms with Gasteiger partial charge in [0.15, 0.2) is 0 Å². The first-order valence-electron chi connectivity index (χ1n) is 6.82. The van der Waals surface area contributed by atoms with Crippen LogP contribution in [-0.2, 0) is 0 Å². The van der Waals surface area contributed by atoms with Crippen molar-refractivity contribution in [3.63, 3.8) is 0 Å². The van der Waals surface area contributed by atoms with Crippen LogP contribution in [0.2, 0.25) is 0 Å². The van der Waals surface area contributed by atoms with Crippen molar-refractivity contribution in [2.45, 2.75) is 27.2 Å². The standard InChI is InChI=1S/C16H19FN2O/c1-10(2)6-7-18-16(20)14-8-11(3)19-15-5-4-12(17)9-13(14)15/h4-5,8-10H,6-7H2,1-3H3,(H,18,20). The van der Waals surface area contributed by atoms with Crippen LogP contribution >= 0.6 is 0 Å². The zero-order valence-electron chi connectivity index (χ0n) is 12.0. The van der Waals surface area contributed by atoms with Crippen LogP contribution in [0.5, 0.6) is 0 Å². The molecule has 0 radical (unpaired) electrons. The minimum absolute atomic E-state index is 0.174. The van der Waals surface area contributed by atoms with E-state index in [1.54, 1.807) is 12.1 Å². The van der Waals surface area contributed by atoms with E-state index in [2.05, 4.69) is 24.1 Å². The molecule has 1 aromatic carbocycles. The van der Waals surface area contributed by atoms with Gasteiger partial charge in [-0.25, -0.2) is 4.39 Å². The lowest BCUT2D eigenvalue weighted by molar-refractivity contribution is 0.0953. The lowest BCUT2D eigenvalue weighted by Gasteiger charge is -2.10. The summed E-state index contributed by atoms with van der Waals surface area (Å²) in [5.74, 6) is -0.00482. The van der Waals surface area contributed by atoms with Crippen LogP contribution in [-0.4, -0.2) is 17.4 Å². The third-order valence-corrected chi connectivity index (χ3v) is 3.15. The highest BCUT2D eigenvalue weighted by Crippen LogP contribution is 2.19. The first-order chi connectivity index (χ1) is 9.47. The first kappa shape index (κ1) is 14.4. The van der Waals surface area contributed by atoms with E-state index in [4.69, 9.17) is 0 Å². The summed E-state index contributed by atoms with van der Waals surface area (Å²) in [5, 5.41) is 3.43. The van der Waals surface area contributed by atoms with Crippen molar-refractivity contribution < 1.29 is 9.18 Å². The molecule has 1 aromatic heterocycles. The molecule has 3 nitrogen and oxygen atoms in total. The molecule has 2 rings (SSSR count). The fourth-order valence-electron chi connectivity index (χ4n) is 2.09. The molecule has 0 saturated carbocycles. The van der Waals surface area contributed by atoms with E-state index >= 15 is 0 Å². The Morgan fingerprint density at radius 1 is 1.35 bits per heavy atom. The van der Waals surface area contributed by atoms with Crippen molar-refractivity contribution in [2.24, 2.45) is 5.92 Å². The van der Waals surface area contributed by atoms with E-state index in [1.165, 1.54) is 12.1 Å². The van der Waals surface area contributed by atoms with Gasteiger partial charge in [0, 0.05) is 17.6 Å². The molecular formula is C16H19FN2O. The molecule has 0 spiro atoms. The highest BCUT2D eigenvalue weighted by molar-refractivity contribution is 6.06. The molecule has 0 fully saturated rings. The smallest absolute Gasteiger partial charge is 0.252 e. The predicted octanol–water partition coefficient (Wildman–Crippen LogP) is 3.46. The number of carbonyl (C=O) groups is 1. The van der Waals surface area contributed by atoms with Gasteiger partial charge in [-0.1, -0.05) is 13.8 Å². The SMILES string of the molecule is Cc1cc(C(=O)NCCC(C)C)c2cc(F)ccc2n1. The van der Waals surface area contributed by atoms with Gasteiger partial charge in [0.2, 0.25) is 0 Å². The molecule has 1 heterocycles. The highest BCUT2D eigenvalue weighted by Gasteiger charge is 2.12. The number of aryl methyl sites for hydroxylation is 1. The second-order valence-corrected chi connectivity index (χ2v) is 5.41. The van der Waals surface area contributed by atoms with Gasteiger partial charge in [-0.15, -0.1) is 0 Å². The van der Waals surface area contributed by atoms with Gasteiger partial charge >= 0.3 is 0 Å². The Bertz CT molecular complexity index is 638. The minimum Gasteiger partial charge on any atom is -0.352 e. The fourth-order valence-corrected chi connectivity index (χ4v) is 2.09. The monoisotopic (exact) mass is 274 g/mol. The Labute approximate surface area is 118 Å². The number of amides is 1. The van der Waals surface area contributed by atoms with Gasteiger partial charge in [0.1, 0.15) is 5.82 Å². The molecule has 0 saturated heterocycles. The summed E-state index contributed by atoms with van der Waals surface area (Å²) < 4.78 is 13.4. The van der Waals surface area contributed by atoms with E-state index < -0.39 is 0 Å². The highest BCUT2D eigenvalue weighted by atomic mass is 19.1. The Kier molecular flexibility index (Phi) is 4.32. The summed E-state index contributed by atoms with van der Waals surface area (Å²) in [5.41, 5.74) is 1.87. The molecule has 1 N–H and O–H groups in total. The number of nitrogens with one attached hydrogen (secondary N) is 1. The maximum atomic E-state index is 13.4. The average Bonchev–Trinajstić information content (AvgIpc) is 2.37. The van der Waals surface area contributed by atoms with Gasteiger partial charge in [-0.2, -0.15) is 0 Å². The Hall–Kier alpha value is -1.97. The van der Waals surface area contributed by atoms with Crippen LogP contribution in [0.4, 0.5) is 4.39 Å². The maximum Gasteiger partial charge on any atom is 0.252 e. The molecule has 0 atom stereocenters. The number of carbonyl (C=O) groups excluding carboxylic acids is 1. The van der Waals surface area contributed by atoms with Crippen molar-refractivity contribution in [1.29, 1.82) is 0 Å². The summed E-state index contributed by atoms with van der Waals surface area (Å²) >= 11 is 0. The van der Waals surface area contributed by atoms with Crippen LogP contribution in [0, 0.1) is 18.7 Å². The number of hydrogen-bond acceptors (Lipinski definition) is 2. The molecule has 0 aliphatic rings. The van der Waals surface area contributed by atoms with E-state index in [-0.39, 0.29) is 11.7 Å². The van der Waals surface area contributed by atoms with Crippen molar-refractivity contribution in [3.05, 3.63) is 41.3 Å². The number of pyridine rings is 1. The number of aromatic nitrogens is 1. The summed E-state index contributed by atoms with van der Waals surface area (Å²) in [6, 6.07) is 6.02. The molecule has 4 heteroatoms. The Morgan fingerprint density at radius 2 is 2.10 bits per heavy atom. The van der Waals surface area contributed by atoms with Gasteiger partial charge < -0.3 is 5.32 Å². The molecule has 2 aromatic rings. The maximum absolute atomic E-state index is 13.4. The number of hydrogen-bond donors (Lipinski definition) is 1. The van der Waals surface area contributed by atoms with Gasteiger partial charge in [0.05, 0.1) is 11.1 Å². The van der Waals surface area contributed by atoms with Gasteiger partial charge in [-0.3, -0.25) is 9.78 Å². The molecule has 0 unspecified atom stereocenters. The number of rotatable bonds is 4. The van der Waals surface area contributed by atoms with Crippen molar-refractivity contribution in [3.8, 4) is 0 Å². The molecule has 1 amide bonds. The van der Waals surface area contributed by atoms with E-state index in [0.29, 0.717) is 28.9 Å². The summed E-state index contributed by atoms with van der Waals surface area (Å²) in [6.45, 7) is 6.66. The predicted molar refractivity (Wildman–Crippen MR) is 78.2 cm³/mol. The van der Waals surface area contributed by atoms with Crippen LogP contribution in [0.1, 0.15) is 36.3 Å². The summed E-state index contributed by atoms with van der Waals surface area (Å²) in [7, 11) is 0. The van der Waals surface area contributed by atoms with E-state index in [0.717, 1.165) is 12.1 Å². The molecule has 106 valence electrons. The molecule has 0 aliphatic carbocycles. The van der Waals surface area contributed by atoms with Crippen LogP contribution in [0.3, 0.4) is 0 Å². The normalized spacial score (nSPS) is 11.1. The summed E-state index contributed by atoms with van der Waals surface area (Å²) in [4.78, 5) is 16.6. The second-order valence-electron chi connectivity index (χ2n) is 5.41. The fraction of sp³-hybridized carbons (Fsp3) is 0.375. The lowest BCUT2D eigenvalue weighted by atomic mass is 10.1. The second kappa shape index (κ2) is 5.99. The third-order valence-electron chi connectivity index (χ3n) is 3.15. The number of halogens is 1. The lowest BCUT2D eigenvalue weighted by Crippen LogP contribution is -2.25. The Morgan fingerprint density at radius 3 is 2.80 bits per heavy atom. The van der Waals surface area contributed by atoms with E-state index in [1.807, 2.05) is 6.92 Å². The topological polar surface area (TPSA) is 42.0 Å². The van der Waals surface area contributed by atoms with Crippen LogP contribution in [0.25, 0.3) is 10.9 Å². The van der Waals surface area contributed by atoms with Crippen molar-refractivity contribution >= 4 is 16.8 Å². The molecule has 20 heavy (non-hydrogen) atoms. The number of nitrogens with zero attached hydrogens (tertiary/aromatic N) is 1. The van der Waals surface area contributed by atoms with Gasteiger partial charge in [-0.05, 0) is 43.5 Å². The number of benzene rings is 1.